The van der Waals surface area contributed by atoms with Gasteiger partial charge in [0.05, 0.1) is 0 Å². The molecule has 0 aromatic rings. The highest BCUT2D eigenvalue weighted by molar-refractivity contribution is 4.71. The molecule has 0 aliphatic carbocycles. The minimum Gasteiger partial charge on any atom is -0.327 e. The Bertz CT molecular complexity index is 154. The molecule has 0 aromatic carbocycles. The molecule has 0 radical (unpaired) electrons. The van der Waals surface area contributed by atoms with Gasteiger partial charge in [-0.2, -0.15) is 0 Å². The zero-order valence-electron chi connectivity index (χ0n) is 12.7. The van der Waals surface area contributed by atoms with Crippen LogP contribution < -0.4 is 5.73 Å². The van der Waals surface area contributed by atoms with Gasteiger partial charge in [0.1, 0.15) is 0 Å². The van der Waals surface area contributed by atoms with E-state index in [0.29, 0.717) is 12.0 Å². The first-order valence-electron chi connectivity index (χ1n) is 7.85. The highest BCUT2D eigenvalue weighted by Gasteiger charge is 2.15. The maximum atomic E-state index is 6.20. The predicted octanol–water partition coefficient (Wildman–Crippen LogP) is 5.14. The van der Waals surface area contributed by atoms with E-state index in [1.807, 2.05) is 0 Å². The molecule has 1 heteroatoms. The molecule has 0 spiro atoms. The van der Waals surface area contributed by atoms with Gasteiger partial charge >= 0.3 is 0 Å². The van der Waals surface area contributed by atoms with Crippen molar-refractivity contribution < 1.29 is 0 Å². The van der Waals surface area contributed by atoms with E-state index in [1.54, 1.807) is 0 Å². The summed E-state index contributed by atoms with van der Waals surface area (Å²) in [5.41, 5.74) is 6.20. The van der Waals surface area contributed by atoms with Crippen molar-refractivity contribution in [3.8, 4) is 0 Å². The van der Waals surface area contributed by atoms with Crippen LogP contribution >= 0.6 is 0 Å². The Balaban J connectivity index is 3.27. The van der Waals surface area contributed by atoms with Crippen molar-refractivity contribution in [1.29, 1.82) is 0 Å². The van der Waals surface area contributed by atoms with E-state index in [2.05, 4.69) is 27.7 Å². The Kier molecular flexibility index (Phi) is 11.0. The summed E-state index contributed by atoms with van der Waals surface area (Å²) >= 11 is 0. The lowest BCUT2D eigenvalue weighted by molar-refractivity contribution is 0.325. The number of unbranched alkanes of at least 4 members (excludes halogenated alkanes) is 7. The lowest BCUT2D eigenvalue weighted by Gasteiger charge is -2.23. The van der Waals surface area contributed by atoms with Crippen molar-refractivity contribution >= 4 is 0 Å². The molecule has 0 bridgehead atoms. The van der Waals surface area contributed by atoms with E-state index in [9.17, 15) is 0 Å². The van der Waals surface area contributed by atoms with Gasteiger partial charge in [0.15, 0.2) is 0 Å². The second-order valence-electron chi connectivity index (χ2n) is 6.03. The molecule has 2 unspecified atom stereocenters. The van der Waals surface area contributed by atoms with Gasteiger partial charge in [-0.3, -0.25) is 0 Å². The molecular formula is C16H35N. The molecule has 1 nitrogen and oxygen atoms in total. The molecule has 0 saturated carbocycles. The van der Waals surface area contributed by atoms with Crippen molar-refractivity contribution in [2.24, 2.45) is 17.6 Å². The van der Waals surface area contributed by atoms with Crippen LogP contribution in [0.5, 0.6) is 0 Å². The summed E-state index contributed by atoms with van der Waals surface area (Å²) in [4.78, 5) is 0. The third-order valence-electron chi connectivity index (χ3n) is 4.12. The molecule has 0 aliphatic heterocycles. The third kappa shape index (κ3) is 9.64. The second-order valence-corrected chi connectivity index (χ2v) is 6.03. The summed E-state index contributed by atoms with van der Waals surface area (Å²) in [5.74, 6) is 1.39. The topological polar surface area (TPSA) is 26.0 Å². The van der Waals surface area contributed by atoms with Crippen molar-refractivity contribution in [2.45, 2.75) is 91.5 Å². The van der Waals surface area contributed by atoms with Crippen molar-refractivity contribution in [3.05, 3.63) is 0 Å². The number of hydrogen-bond donors (Lipinski definition) is 1. The Morgan fingerprint density at radius 1 is 0.765 bits per heavy atom. The average molecular weight is 241 g/mol. The minimum atomic E-state index is 0.412. The van der Waals surface area contributed by atoms with Crippen LogP contribution in [0.1, 0.15) is 85.5 Å². The Morgan fingerprint density at radius 3 is 1.71 bits per heavy atom. The fraction of sp³-hybridized carbons (Fsp3) is 1.00. The van der Waals surface area contributed by atoms with E-state index in [1.165, 1.54) is 57.8 Å². The van der Waals surface area contributed by atoms with Crippen LogP contribution in [-0.4, -0.2) is 6.04 Å². The lowest BCUT2D eigenvalue weighted by Crippen LogP contribution is -2.31. The largest absolute Gasteiger partial charge is 0.327 e. The predicted molar refractivity (Wildman–Crippen MR) is 79.2 cm³/mol. The highest BCUT2D eigenvalue weighted by Crippen LogP contribution is 2.18. The van der Waals surface area contributed by atoms with Crippen LogP contribution in [-0.2, 0) is 0 Å². The Morgan fingerprint density at radius 2 is 1.24 bits per heavy atom. The zero-order valence-corrected chi connectivity index (χ0v) is 12.7. The summed E-state index contributed by atoms with van der Waals surface area (Å²) < 4.78 is 0. The maximum absolute atomic E-state index is 6.20. The first kappa shape index (κ1) is 17.0. The standard InChI is InChI=1S/C16H35N/c1-5-6-7-8-9-10-11-12-13-16(17)15(4)14(2)3/h14-16H,5-13,17H2,1-4H3. The monoisotopic (exact) mass is 241 g/mol. The molecule has 0 amide bonds. The van der Waals surface area contributed by atoms with Gasteiger partial charge in [-0.05, 0) is 18.3 Å². The normalized spacial score (nSPS) is 15.2. The fourth-order valence-electron chi connectivity index (χ4n) is 2.27. The van der Waals surface area contributed by atoms with E-state index in [0.717, 1.165) is 5.92 Å². The quantitative estimate of drug-likeness (QED) is 0.498. The van der Waals surface area contributed by atoms with Crippen molar-refractivity contribution in [2.75, 3.05) is 0 Å². The van der Waals surface area contributed by atoms with Gasteiger partial charge in [0, 0.05) is 6.04 Å². The summed E-state index contributed by atoms with van der Waals surface area (Å²) in [6.45, 7) is 9.12. The molecule has 0 rings (SSSR count). The van der Waals surface area contributed by atoms with Gasteiger partial charge in [-0.25, -0.2) is 0 Å². The maximum Gasteiger partial charge on any atom is 0.00669 e. The van der Waals surface area contributed by atoms with E-state index in [4.69, 9.17) is 5.73 Å². The van der Waals surface area contributed by atoms with Crippen LogP contribution in [0.3, 0.4) is 0 Å². The van der Waals surface area contributed by atoms with Gasteiger partial charge < -0.3 is 5.73 Å². The SMILES string of the molecule is CCCCCCCCCCC(N)C(C)C(C)C. The molecule has 0 aromatic heterocycles. The van der Waals surface area contributed by atoms with Gasteiger partial charge in [-0.1, -0.05) is 79.1 Å². The van der Waals surface area contributed by atoms with Gasteiger partial charge in [-0.15, -0.1) is 0 Å². The second kappa shape index (κ2) is 11.1. The van der Waals surface area contributed by atoms with Crippen molar-refractivity contribution in [3.63, 3.8) is 0 Å². The molecule has 0 saturated heterocycles. The smallest absolute Gasteiger partial charge is 0.00669 e. The molecule has 0 fully saturated rings. The molecular weight excluding hydrogens is 206 g/mol. The summed E-state index contributed by atoms with van der Waals surface area (Å²) in [5, 5.41) is 0. The average Bonchev–Trinajstić information content (AvgIpc) is 2.31. The van der Waals surface area contributed by atoms with Crippen LogP contribution in [0.25, 0.3) is 0 Å². The highest BCUT2D eigenvalue weighted by atomic mass is 14.6. The zero-order chi connectivity index (χ0) is 13.1. The number of hydrogen-bond acceptors (Lipinski definition) is 1. The molecule has 104 valence electrons. The molecule has 2 atom stereocenters. The molecule has 0 aliphatic rings. The van der Waals surface area contributed by atoms with E-state index in [-0.39, 0.29) is 0 Å². The Hall–Kier alpha value is -0.0400. The fourth-order valence-corrected chi connectivity index (χ4v) is 2.27. The molecule has 17 heavy (non-hydrogen) atoms. The van der Waals surface area contributed by atoms with Crippen LogP contribution in [0.4, 0.5) is 0 Å². The summed E-state index contributed by atoms with van der Waals surface area (Å²) in [6, 6.07) is 0.412. The third-order valence-corrected chi connectivity index (χ3v) is 4.12. The lowest BCUT2D eigenvalue weighted by atomic mass is 9.88. The number of rotatable bonds is 11. The first-order chi connectivity index (χ1) is 8.09. The van der Waals surface area contributed by atoms with E-state index >= 15 is 0 Å². The van der Waals surface area contributed by atoms with E-state index < -0.39 is 0 Å². The Labute approximate surface area is 110 Å². The minimum absolute atomic E-state index is 0.412. The van der Waals surface area contributed by atoms with Gasteiger partial charge in [0.2, 0.25) is 0 Å². The first-order valence-corrected chi connectivity index (χ1v) is 7.85. The number of nitrogens with two attached hydrogens (primary N) is 1. The van der Waals surface area contributed by atoms with Gasteiger partial charge in [0.25, 0.3) is 0 Å². The molecule has 2 N–H and O–H groups in total. The van der Waals surface area contributed by atoms with Crippen LogP contribution in [0.15, 0.2) is 0 Å². The van der Waals surface area contributed by atoms with Crippen molar-refractivity contribution in [1.82, 2.24) is 0 Å². The summed E-state index contributed by atoms with van der Waals surface area (Å²) in [6.07, 6.45) is 12.4. The van der Waals surface area contributed by atoms with Crippen LogP contribution in [0, 0.1) is 11.8 Å². The summed E-state index contributed by atoms with van der Waals surface area (Å²) in [7, 11) is 0. The molecule has 0 heterocycles. The van der Waals surface area contributed by atoms with Crippen LogP contribution in [0.2, 0.25) is 0 Å².